The minimum Gasteiger partial charge on any atom is -0.355 e. The number of carbonyl (C=O) groups excluding carboxylic acids is 1. The fourth-order valence-corrected chi connectivity index (χ4v) is 4.59. The van der Waals surface area contributed by atoms with Crippen LogP contribution >= 0.6 is 0 Å². The van der Waals surface area contributed by atoms with Gasteiger partial charge in [-0.05, 0) is 63.6 Å². The zero-order valence-corrected chi connectivity index (χ0v) is 17.7. The van der Waals surface area contributed by atoms with E-state index in [9.17, 15) is 4.79 Å². The molecule has 7 heteroatoms. The molecule has 1 aliphatic heterocycles. The number of hydrogen-bond donors (Lipinski definition) is 1. The number of carbonyl (C=O) groups is 1. The summed E-state index contributed by atoms with van der Waals surface area (Å²) in [5.74, 6) is 1.82. The second kappa shape index (κ2) is 8.93. The topological polar surface area (TPSA) is 75.9 Å². The Morgan fingerprint density at radius 3 is 2.41 bits per heavy atom. The van der Waals surface area contributed by atoms with Crippen LogP contribution in [-0.4, -0.2) is 45.0 Å². The second-order valence-corrected chi connectivity index (χ2v) is 8.41. The van der Waals surface area contributed by atoms with Gasteiger partial charge in [0.1, 0.15) is 0 Å². The molecule has 1 saturated carbocycles. The van der Waals surface area contributed by atoms with Gasteiger partial charge in [0.15, 0.2) is 11.6 Å². The molecule has 0 atom stereocenters. The Kier molecular flexibility index (Phi) is 6.11. The van der Waals surface area contributed by atoms with Gasteiger partial charge < -0.3 is 10.2 Å². The smallest absolute Gasteiger partial charge is 0.220 e. The summed E-state index contributed by atoms with van der Waals surface area (Å²) in [6.07, 6.45) is 9.64. The van der Waals surface area contributed by atoms with Crippen LogP contribution in [0.15, 0.2) is 12.1 Å². The molecule has 2 aromatic heterocycles. The summed E-state index contributed by atoms with van der Waals surface area (Å²) >= 11 is 0. The van der Waals surface area contributed by atoms with E-state index in [0.717, 1.165) is 54.5 Å². The van der Waals surface area contributed by atoms with Crippen molar-refractivity contribution in [1.29, 1.82) is 0 Å². The van der Waals surface area contributed by atoms with E-state index in [0.29, 0.717) is 18.9 Å². The lowest BCUT2D eigenvalue weighted by molar-refractivity contribution is -0.121. The van der Waals surface area contributed by atoms with Crippen molar-refractivity contribution in [2.75, 3.05) is 18.0 Å². The lowest BCUT2D eigenvalue weighted by Gasteiger charge is -2.22. The highest BCUT2D eigenvalue weighted by atomic mass is 16.1. The first kappa shape index (κ1) is 19.9. The molecule has 4 rings (SSSR count). The SMILES string of the molecule is Cc1nn(-c2ccc(N3CCCC3)nn2)c(C)c1CCC(=O)NC1CCCCC1. The molecular formula is C22H32N6O. The summed E-state index contributed by atoms with van der Waals surface area (Å²) in [5, 5.41) is 16.7. The van der Waals surface area contributed by atoms with Crippen LogP contribution in [0.4, 0.5) is 5.82 Å². The van der Waals surface area contributed by atoms with Gasteiger partial charge >= 0.3 is 0 Å². The highest BCUT2D eigenvalue weighted by Crippen LogP contribution is 2.21. The Bertz CT molecular complexity index is 832. The van der Waals surface area contributed by atoms with Gasteiger partial charge in [0.2, 0.25) is 5.91 Å². The summed E-state index contributed by atoms with van der Waals surface area (Å²) in [7, 11) is 0. The zero-order valence-electron chi connectivity index (χ0n) is 17.7. The van der Waals surface area contributed by atoms with Gasteiger partial charge in [0.25, 0.3) is 0 Å². The zero-order chi connectivity index (χ0) is 20.2. The van der Waals surface area contributed by atoms with Crippen LogP contribution in [-0.2, 0) is 11.2 Å². The van der Waals surface area contributed by atoms with E-state index in [1.807, 2.05) is 30.7 Å². The number of rotatable bonds is 6. The van der Waals surface area contributed by atoms with Crippen molar-refractivity contribution >= 4 is 11.7 Å². The van der Waals surface area contributed by atoms with Crippen molar-refractivity contribution in [2.24, 2.45) is 0 Å². The molecule has 156 valence electrons. The summed E-state index contributed by atoms with van der Waals surface area (Å²) in [6.45, 7) is 6.16. The Balaban J connectivity index is 1.40. The molecule has 0 bridgehead atoms. The third-order valence-electron chi connectivity index (χ3n) is 6.30. The maximum absolute atomic E-state index is 12.4. The van der Waals surface area contributed by atoms with Gasteiger partial charge in [-0.3, -0.25) is 4.79 Å². The van der Waals surface area contributed by atoms with Gasteiger partial charge in [-0.2, -0.15) is 5.10 Å². The fraction of sp³-hybridized carbons (Fsp3) is 0.636. The Hall–Kier alpha value is -2.44. The number of hydrogen-bond acceptors (Lipinski definition) is 5. The van der Waals surface area contributed by atoms with Gasteiger partial charge in [0.05, 0.1) is 5.69 Å². The van der Waals surface area contributed by atoms with Crippen LogP contribution in [0.25, 0.3) is 5.82 Å². The first-order valence-corrected chi connectivity index (χ1v) is 11.1. The van der Waals surface area contributed by atoms with Gasteiger partial charge in [0, 0.05) is 31.2 Å². The standard InChI is InChI=1S/C22H32N6O/c1-16-19(10-13-22(29)23-18-8-4-3-5-9-18)17(2)28(26-16)21-12-11-20(24-25-21)27-14-6-7-15-27/h11-12,18H,3-10,13-15H2,1-2H3,(H,23,29). The van der Waals surface area contributed by atoms with E-state index in [-0.39, 0.29) is 5.91 Å². The highest BCUT2D eigenvalue weighted by molar-refractivity contribution is 5.76. The molecule has 1 amide bonds. The van der Waals surface area contributed by atoms with Crippen molar-refractivity contribution in [3.8, 4) is 5.82 Å². The fourth-order valence-electron chi connectivity index (χ4n) is 4.59. The van der Waals surface area contributed by atoms with Crippen LogP contribution in [0.2, 0.25) is 0 Å². The highest BCUT2D eigenvalue weighted by Gasteiger charge is 2.19. The number of nitrogens with zero attached hydrogens (tertiary/aromatic N) is 5. The van der Waals surface area contributed by atoms with Crippen LogP contribution in [0, 0.1) is 13.8 Å². The molecule has 0 aromatic carbocycles. The summed E-state index contributed by atoms with van der Waals surface area (Å²) < 4.78 is 1.85. The predicted molar refractivity (Wildman–Crippen MR) is 113 cm³/mol. The monoisotopic (exact) mass is 396 g/mol. The van der Waals surface area contributed by atoms with Crippen LogP contribution < -0.4 is 10.2 Å². The van der Waals surface area contributed by atoms with E-state index < -0.39 is 0 Å². The average Bonchev–Trinajstić information content (AvgIpc) is 3.36. The van der Waals surface area contributed by atoms with Crippen LogP contribution in [0.3, 0.4) is 0 Å². The van der Waals surface area contributed by atoms with Crippen molar-refractivity contribution < 1.29 is 4.79 Å². The summed E-state index contributed by atoms with van der Waals surface area (Å²) in [6, 6.07) is 4.38. The van der Waals surface area contributed by atoms with E-state index in [1.165, 1.54) is 32.1 Å². The van der Waals surface area contributed by atoms with Crippen LogP contribution in [0.5, 0.6) is 0 Å². The number of aromatic nitrogens is 4. The van der Waals surface area contributed by atoms with E-state index in [2.05, 4.69) is 25.5 Å². The predicted octanol–water partition coefficient (Wildman–Crippen LogP) is 3.26. The lowest BCUT2D eigenvalue weighted by Crippen LogP contribution is -2.36. The number of aryl methyl sites for hydroxylation is 1. The maximum atomic E-state index is 12.4. The molecule has 29 heavy (non-hydrogen) atoms. The van der Waals surface area contributed by atoms with Crippen molar-refractivity contribution in [3.05, 3.63) is 29.1 Å². The average molecular weight is 397 g/mol. The van der Waals surface area contributed by atoms with Crippen molar-refractivity contribution in [2.45, 2.75) is 77.7 Å². The summed E-state index contributed by atoms with van der Waals surface area (Å²) in [4.78, 5) is 14.7. The maximum Gasteiger partial charge on any atom is 0.220 e. The Morgan fingerprint density at radius 1 is 1.03 bits per heavy atom. The summed E-state index contributed by atoms with van der Waals surface area (Å²) in [5.41, 5.74) is 3.13. The van der Waals surface area contributed by atoms with Crippen LogP contribution in [0.1, 0.15) is 68.3 Å². The normalized spacial score (nSPS) is 17.7. The van der Waals surface area contributed by atoms with Gasteiger partial charge in [-0.25, -0.2) is 4.68 Å². The second-order valence-electron chi connectivity index (χ2n) is 8.41. The van der Waals surface area contributed by atoms with E-state index >= 15 is 0 Å². The first-order chi connectivity index (χ1) is 14.1. The number of anilines is 1. The minimum absolute atomic E-state index is 0.151. The Morgan fingerprint density at radius 2 is 1.72 bits per heavy atom. The third-order valence-corrected chi connectivity index (χ3v) is 6.30. The molecule has 0 radical (unpaired) electrons. The van der Waals surface area contributed by atoms with Gasteiger partial charge in [-0.1, -0.05) is 19.3 Å². The van der Waals surface area contributed by atoms with E-state index in [4.69, 9.17) is 0 Å². The molecule has 1 N–H and O–H groups in total. The first-order valence-electron chi connectivity index (χ1n) is 11.1. The molecule has 3 heterocycles. The molecule has 1 saturated heterocycles. The molecule has 1 aliphatic carbocycles. The molecule has 2 fully saturated rings. The minimum atomic E-state index is 0.151. The molecule has 2 aliphatic rings. The lowest BCUT2D eigenvalue weighted by atomic mass is 9.95. The largest absolute Gasteiger partial charge is 0.355 e. The molecule has 7 nitrogen and oxygen atoms in total. The quantitative estimate of drug-likeness (QED) is 0.811. The Labute approximate surface area is 172 Å². The molecule has 2 aromatic rings. The van der Waals surface area contributed by atoms with Crippen molar-refractivity contribution in [1.82, 2.24) is 25.3 Å². The number of nitrogens with one attached hydrogen (secondary N) is 1. The van der Waals surface area contributed by atoms with Gasteiger partial charge in [-0.15, -0.1) is 10.2 Å². The molecule has 0 unspecified atom stereocenters. The third kappa shape index (κ3) is 4.60. The molecular weight excluding hydrogens is 364 g/mol. The number of amides is 1. The van der Waals surface area contributed by atoms with E-state index in [1.54, 1.807) is 0 Å². The molecule has 0 spiro atoms. The van der Waals surface area contributed by atoms with Crippen molar-refractivity contribution in [3.63, 3.8) is 0 Å².